The van der Waals surface area contributed by atoms with Crippen LogP contribution in [0.25, 0.3) is 0 Å². The van der Waals surface area contributed by atoms with Gasteiger partial charge in [-0.25, -0.2) is 8.93 Å². The largest absolute Gasteiger partial charge is 0.260 e. The Kier molecular flexibility index (Phi) is 5.04. The second-order valence-corrected chi connectivity index (χ2v) is 6.42. The van der Waals surface area contributed by atoms with Crippen molar-refractivity contribution in [2.45, 2.75) is 31.7 Å². The molecule has 2 rings (SSSR count). The highest BCUT2D eigenvalue weighted by Gasteiger charge is 2.19. The van der Waals surface area contributed by atoms with Gasteiger partial charge in [-0.15, -0.1) is 0 Å². The second-order valence-electron chi connectivity index (χ2n) is 5.18. The Hall–Kier alpha value is -1.52. The summed E-state index contributed by atoms with van der Waals surface area (Å²) in [5.41, 5.74) is 2.08. The van der Waals surface area contributed by atoms with Crippen molar-refractivity contribution in [2.24, 2.45) is 5.92 Å². The van der Waals surface area contributed by atoms with Crippen molar-refractivity contribution in [2.75, 3.05) is 0 Å². The molecule has 0 aliphatic rings. The van der Waals surface area contributed by atoms with E-state index in [1.54, 1.807) is 6.20 Å². The minimum Gasteiger partial charge on any atom is -0.260 e. The zero-order valence-corrected chi connectivity index (χ0v) is 12.9. The van der Waals surface area contributed by atoms with E-state index < -0.39 is 11.0 Å². The Morgan fingerprint density at radius 3 is 2.35 bits per heavy atom. The maximum absolute atomic E-state index is 12.4. The SMILES string of the molecule is Cc1ccc(S(=O)N[C@H](c2ccccn2)C(C)C)cc1. The van der Waals surface area contributed by atoms with E-state index >= 15 is 0 Å². The fraction of sp³-hybridized carbons (Fsp3) is 0.312. The molecule has 1 unspecified atom stereocenters. The van der Waals surface area contributed by atoms with Crippen LogP contribution in [0.15, 0.2) is 53.6 Å². The van der Waals surface area contributed by atoms with Gasteiger partial charge in [-0.05, 0) is 37.1 Å². The van der Waals surface area contributed by atoms with Crippen molar-refractivity contribution in [3.63, 3.8) is 0 Å². The lowest BCUT2D eigenvalue weighted by Crippen LogP contribution is -2.28. The Balaban J connectivity index is 2.17. The fourth-order valence-electron chi connectivity index (χ4n) is 1.94. The molecular formula is C16H20N2OS. The van der Waals surface area contributed by atoms with Gasteiger partial charge in [-0.3, -0.25) is 4.98 Å². The number of pyridine rings is 1. The van der Waals surface area contributed by atoms with Gasteiger partial charge in [0, 0.05) is 6.20 Å². The summed E-state index contributed by atoms with van der Waals surface area (Å²) in [6, 6.07) is 13.5. The molecule has 1 heterocycles. The van der Waals surface area contributed by atoms with Crippen LogP contribution in [0.1, 0.15) is 31.1 Å². The zero-order chi connectivity index (χ0) is 14.5. The number of aromatic nitrogens is 1. The Morgan fingerprint density at radius 1 is 1.10 bits per heavy atom. The summed E-state index contributed by atoms with van der Waals surface area (Å²) in [4.78, 5) is 5.15. The lowest BCUT2D eigenvalue weighted by Gasteiger charge is -2.21. The van der Waals surface area contributed by atoms with Crippen molar-refractivity contribution in [1.29, 1.82) is 0 Å². The summed E-state index contributed by atoms with van der Waals surface area (Å²) in [5.74, 6) is 0.305. The van der Waals surface area contributed by atoms with Gasteiger partial charge in [0.05, 0.1) is 16.6 Å². The van der Waals surface area contributed by atoms with Crippen LogP contribution in [0, 0.1) is 12.8 Å². The molecule has 1 aromatic carbocycles. The van der Waals surface area contributed by atoms with Crippen molar-refractivity contribution in [3.05, 3.63) is 59.9 Å². The molecule has 0 bridgehead atoms. The quantitative estimate of drug-likeness (QED) is 0.916. The van der Waals surface area contributed by atoms with Gasteiger partial charge in [-0.2, -0.15) is 0 Å². The first-order chi connectivity index (χ1) is 9.58. The van der Waals surface area contributed by atoms with Crippen molar-refractivity contribution in [3.8, 4) is 0 Å². The lowest BCUT2D eigenvalue weighted by molar-refractivity contribution is 0.468. The fourth-order valence-corrected chi connectivity index (χ4v) is 3.09. The Labute approximate surface area is 123 Å². The van der Waals surface area contributed by atoms with E-state index in [9.17, 15) is 4.21 Å². The highest BCUT2D eigenvalue weighted by Crippen LogP contribution is 2.21. The number of nitrogens with zero attached hydrogens (tertiary/aromatic N) is 1. The molecular weight excluding hydrogens is 268 g/mol. The van der Waals surface area contributed by atoms with Crippen LogP contribution in [-0.2, 0) is 11.0 Å². The van der Waals surface area contributed by atoms with Gasteiger partial charge in [0.2, 0.25) is 0 Å². The van der Waals surface area contributed by atoms with Crippen molar-refractivity contribution in [1.82, 2.24) is 9.71 Å². The standard InChI is InChI=1S/C16H20N2OS/c1-12(2)16(15-6-4-5-11-17-15)18-20(19)14-9-7-13(3)8-10-14/h4-12,16,18H,1-3H3/t16-,20?/m0/s1. The molecule has 0 fully saturated rings. The molecule has 0 saturated heterocycles. The highest BCUT2D eigenvalue weighted by atomic mass is 32.2. The van der Waals surface area contributed by atoms with Crippen LogP contribution < -0.4 is 4.72 Å². The molecule has 1 N–H and O–H groups in total. The van der Waals surface area contributed by atoms with E-state index in [0.29, 0.717) is 5.92 Å². The Bertz CT molecular complexity index is 567. The molecule has 0 amide bonds. The maximum Gasteiger partial charge on any atom is 0.125 e. The summed E-state index contributed by atoms with van der Waals surface area (Å²) in [6.45, 7) is 6.21. The number of hydrogen-bond donors (Lipinski definition) is 1. The normalized spacial score (nSPS) is 14.2. The topological polar surface area (TPSA) is 42.0 Å². The maximum atomic E-state index is 12.4. The average Bonchev–Trinajstić information content (AvgIpc) is 2.46. The minimum atomic E-state index is -1.23. The predicted molar refractivity (Wildman–Crippen MR) is 82.5 cm³/mol. The van der Waals surface area contributed by atoms with Gasteiger partial charge in [0.1, 0.15) is 11.0 Å². The first-order valence-corrected chi connectivity index (χ1v) is 7.88. The van der Waals surface area contributed by atoms with Crippen LogP contribution in [0.5, 0.6) is 0 Å². The summed E-state index contributed by atoms with van der Waals surface area (Å²) >= 11 is 0. The zero-order valence-electron chi connectivity index (χ0n) is 12.0. The molecule has 0 spiro atoms. The second kappa shape index (κ2) is 6.77. The molecule has 3 nitrogen and oxygen atoms in total. The van der Waals surface area contributed by atoms with Crippen LogP contribution in [-0.4, -0.2) is 9.19 Å². The lowest BCUT2D eigenvalue weighted by atomic mass is 10.0. The summed E-state index contributed by atoms with van der Waals surface area (Å²) in [5, 5.41) is 0. The molecule has 1 aromatic heterocycles. The van der Waals surface area contributed by atoms with E-state index in [2.05, 4.69) is 23.6 Å². The van der Waals surface area contributed by atoms with Crippen molar-refractivity contribution >= 4 is 11.0 Å². The van der Waals surface area contributed by atoms with Gasteiger partial charge in [0.15, 0.2) is 0 Å². The molecule has 0 radical (unpaired) electrons. The smallest absolute Gasteiger partial charge is 0.125 e. The van der Waals surface area contributed by atoms with E-state index in [1.165, 1.54) is 0 Å². The van der Waals surface area contributed by atoms with Crippen LogP contribution in [0.3, 0.4) is 0 Å². The number of benzene rings is 1. The third-order valence-electron chi connectivity index (χ3n) is 3.14. The molecule has 2 atom stereocenters. The monoisotopic (exact) mass is 288 g/mol. The van der Waals surface area contributed by atoms with Gasteiger partial charge in [0.25, 0.3) is 0 Å². The van der Waals surface area contributed by atoms with Gasteiger partial charge >= 0.3 is 0 Å². The molecule has 0 aliphatic carbocycles. The van der Waals surface area contributed by atoms with Crippen molar-refractivity contribution < 1.29 is 4.21 Å². The Morgan fingerprint density at radius 2 is 1.80 bits per heavy atom. The molecule has 0 saturated carbocycles. The first kappa shape index (κ1) is 14.9. The summed E-state index contributed by atoms with van der Waals surface area (Å²) < 4.78 is 15.6. The summed E-state index contributed by atoms with van der Waals surface area (Å²) in [7, 11) is -1.23. The van der Waals surface area contributed by atoms with E-state index in [1.807, 2.05) is 49.4 Å². The molecule has 106 valence electrons. The molecule has 2 aromatic rings. The average molecular weight is 288 g/mol. The molecule has 20 heavy (non-hydrogen) atoms. The van der Waals surface area contributed by atoms with Gasteiger partial charge in [-0.1, -0.05) is 37.6 Å². The third-order valence-corrected chi connectivity index (χ3v) is 4.31. The van der Waals surface area contributed by atoms with E-state index in [-0.39, 0.29) is 6.04 Å². The number of rotatable bonds is 5. The first-order valence-electron chi connectivity index (χ1n) is 6.73. The molecule has 4 heteroatoms. The number of aryl methyl sites for hydroxylation is 1. The van der Waals surface area contributed by atoms with Crippen LogP contribution in [0.2, 0.25) is 0 Å². The van der Waals surface area contributed by atoms with Crippen LogP contribution in [0.4, 0.5) is 0 Å². The number of nitrogens with one attached hydrogen (secondary N) is 1. The third kappa shape index (κ3) is 3.74. The molecule has 0 aliphatic heterocycles. The number of hydrogen-bond acceptors (Lipinski definition) is 2. The highest BCUT2D eigenvalue weighted by molar-refractivity contribution is 7.83. The van der Waals surface area contributed by atoms with E-state index in [4.69, 9.17) is 0 Å². The minimum absolute atomic E-state index is 0.0293. The van der Waals surface area contributed by atoms with Crippen LogP contribution >= 0.6 is 0 Å². The predicted octanol–water partition coefficient (Wildman–Crippen LogP) is 3.40. The summed E-state index contributed by atoms with van der Waals surface area (Å²) in [6.07, 6.45) is 1.77. The van der Waals surface area contributed by atoms with E-state index in [0.717, 1.165) is 16.2 Å². The van der Waals surface area contributed by atoms with Gasteiger partial charge < -0.3 is 0 Å².